The van der Waals surface area contributed by atoms with Crippen LogP contribution in [-0.4, -0.2) is 16.0 Å². The van der Waals surface area contributed by atoms with E-state index in [9.17, 15) is 13.2 Å². The highest BCUT2D eigenvalue weighted by atomic mass is 32.1. The highest BCUT2D eigenvalue weighted by Gasteiger charge is 2.31. The van der Waals surface area contributed by atoms with E-state index in [4.69, 9.17) is 0 Å². The van der Waals surface area contributed by atoms with Gasteiger partial charge in [-0.25, -0.2) is 0 Å². The molecule has 2 aromatic rings. The van der Waals surface area contributed by atoms with Gasteiger partial charge in [0.2, 0.25) is 0 Å². The smallest absolute Gasteiger partial charge is 0.263 e. The molecule has 0 spiro atoms. The molecule has 1 aliphatic carbocycles. The van der Waals surface area contributed by atoms with Crippen molar-refractivity contribution in [3.05, 3.63) is 27.1 Å². The Morgan fingerprint density at radius 2 is 2.00 bits per heavy atom. The van der Waals surface area contributed by atoms with E-state index in [1.807, 2.05) is 6.92 Å². The number of nitrogens with zero attached hydrogens (tertiary/aromatic N) is 2. The molecule has 2 aromatic heterocycles. The Morgan fingerprint density at radius 3 is 2.68 bits per heavy atom. The monoisotopic (exact) mass is 286 g/mol. The van der Waals surface area contributed by atoms with Crippen LogP contribution in [0.15, 0.2) is 6.20 Å². The zero-order chi connectivity index (χ0) is 13.8. The average Bonchev–Trinajstić information content (AvgIpc) is 2.77. The molecule has 19 heavy (non-hydrogen) atoms. The first kappa shape index (κ1) is 12.7. The van der Waals surface area contributed by atoms with Gasteiger partial charge in [0.05, 0.1) is 5.69 Å². The number of rotatable bonds is 1. The van der Waals surface area contributed by atoms with Crippen LogP contribution >= 0.6 is 11.3 Å². The van der Waals surface area contributed by atoms with Gasteiger partial charge in [0.15, 0.2) is 0 Å². The first-order valence-corrected chi connectivity index (χ1v) is 6.89. The molecular weight excluding hydrogens is 273 g/mol. The van der Waals surface area contributed by atoms with Gasteiger partial charge in [-0.2, -0.15) is 18.3 Å². The molecule has 102 valence electrons. The predicted molar refractivity (Wildman–Crippen MR) is 68.5 cm³/mol. The van der Waals surface area contributed by atoms with Crippen molar-refractivity contribution in [1.29, 1.82) is 0 Å². The van der Waals surface area contributed by atoms with Gasteiger partial charge in [0, 0.05) is 21.5 Å². The Hall–Kier alpha value is -1.30. The minimum atomic E-state index is -4.23. The van der Waals surface area contributed by atoms with Crippen LogP contribution in [0.4, 0.5) is 13.2 Å². The summed E-state index contributed by atoms with van der Waals surface area (Å²) in [5, 5.41) is 4.15. The van der Waals surface area contributed by atoms with Crippen molar-refractivity contribution in [2.45, 2.75) is 39.4 Å². The summed E-state index contributed by atoms with van der Waals surface area (Å²) in [4.78, 5) is 2.40. The first-order valence-electron chi connectivity index (χ1n) is 6.07. The van der Waals surface area contributed by atoms with E-state index in [1.165, 1.54) is 16.6 Å². The molecule has 0 aromatic carbocycles. The number of thiophene rings is 1. The molecule has 0 radical (unpaired) electrons. The lowest BCUT2D eigenvalue weighted by Crippen LogP contribution is -2.17. The predicted octanol–water partition coefficient (Wildman–Crippen LogP) is 3.89. The lowest BCUT2D eigenvalue weighted by atomic mass is 9.91. The van der Waals surface area contributed by atoms with Gasteiger partial charge >= 0.3 is 6.18 Å². The maximum absolute atomic E-state index is 12.4. The lowest BCUT2D eigenvalue weighted by Gasteiger charge is -2.12. The van der Waals surface area contributed by atoms with Gasteiger partial charge in [-0.1, -0.05) is 0 Å². The second-order valence-electron chi connectivity index (χ2n) is 4.88. The highest BCUT2D eigenvalue weighted by Crippen LogP contribution is 2.41. The maximum Gasteiger partial charge on any atom is 0.408 e. The molecule has 2 heterocycles. The van der Waals surface area contributed by atoms with E-state index >= 15 is 0 Å². The summed E-state index contributed by atoms with van der Waals surface area (Å²) in [6.07, 6.45) is -1.01. The first-order chi connectivity index (χ1) is 8.85. The van der Waals surface area contributed by atoms with E-state index in [0.29, 0.717) is 0 Å². The van der Waals surface area contributed by atoms with E-state index in [2.05, 4.69) is 12.0 Å². The van der Waals surface area contributed by atoms with Crippen LogP contribution in [-0.2, 0) is 19.4 Å². The van der Waals surface area contributed by atoms with Crippen molar-refractivity contribution in [1.82, 2.24) is 9.78 Å². The summed E-state index contributed by atoms with van der Waals surface area (Å²) >= 11 is 1.70. The quantitative estimate of drug-likeness (QED) is 0.777. The molecular formula is C13H13F3N2S. The molecule has 1 aliphatic rings. The van der Waals surface area contributed by atoms with Crippen LogP contribution in [0.25, 0.3) is 11.3 Å². The van der Waals surface area contributed by atoms with Gasteiger partial charge in [0.1, 0.15) is 6.54 Å². The second kappa shape index (κ2) is 4.10. The minimum absolute atomic E-state index is 0.743. The van der Waals surface area contributed by atoms with Crippen LogP contribution < -0.4 is 0 Å². The maximum atomic E-state index is 12.4. The van der Waals surface area contributed by atoms with E-state index in [0.717, 1.165) is 39.2 Å². The average molecular weight is 286 g/mol. The fraction of sp³-hybridized carbons (Fsp3) is 0.462. The molecule has 0 saturated carbocycles. The summed E-state index contributed by atoms with van der Waals surface area (Å²) in [5.41, 5.74) is 3.99. The highest BCUT2D eigenvalue weighted by molar-refractivity contribution is 7.12. The molecule has 0 atom stereocenters. The number of halogens is 3. The van der Waals surface area contributed by atoms with Crippen LogP contribution in [0.5, 0.6) is 0 Å². The van der Waals surface area contributed by atoms with Gasteiger partial charge in [-0.05, 0) is 37.8 Å². The number of hydrogen-bond donors (Lipinski definition) is 0. The van der Waals surface area contributed by atoms with Crippen LogP contribution in [0.1, 0.15) is 20.9 Å². The molecule has 6 heteroatoms. The van der Waals surface area contributed by atoms with Crippen molar-refractivity contribution in [3.8, 4) is 11.3 Å². The summed E-state index contributed by atoms with van der Waals surface area (Å²) < 4.78 is 38.3. The molecule has 0 aliphatic heterocycles. The second-order valence-corrected chi connectivity index (χ2v) is 6.31. The number of aryl methyl sites for hydroxylation is 3. The van der Waals surface area contributed by atoms with Crippen molar-refractivity contribution in [3.63, 3.8) is 0 Å². The SMILES string of the molecule is Cc1sc(C)c2c1CCc1cn(CC(F)(F)F)nc1-2. The Kier molecular flexibility index (Phi) is 2.74. The van der Waals surface area contributed by atoms with Crippen LogP contribution in [0, 0.1) is 13.8 Å². The van der Waals surface area contributed by atoms with Crippen molar-refractivity contribution in [2.75, 3.05) is 0 Å². The minimum Gasteiger partial charge on any atom is -0.263 e. The van der Waals surface area contributed by atoms with E-state index in [-0.39, 0.29) is 0 Å². The van der Waals surface area contributed by atoms with Crippen LogP contribution in [0.3, 0.4) is 0 Å². The Morgan fingerprint density at radius 1 is 1.26 bits per heavy atom. The summed E-state index contributed by atoms with van der Waals surface area (Å²) in [6, 6.07) is 0. The molecule has 0 unspecified atom stereocenters. The third-order valence-electron chi connectivity index (χ3n) is 3.44. The standard InChI is InChI=1S/C13H13F3N2S/c1-7-10-4-3-9-5-18(6-13(14,15)16)17-12(9)11(10)8(2)19-7/h5H,3-4,6H2,1-2H3. The van der Waals surface area contributed by atoms with Crippen molar-refractivity contribution in [2.24, 2.45) is 0 Å². The normalized spacial score (nSPS) is 14.4. The van der Waals surface area contributed by atoms with Gasteiger partial charge in [-0.15, -0.1) is 11.3 Å². The lowest BCUT2D eigenvalue weighted by molar-refractivity contribution is -0.142. The number of aromatic nitrogens is 2. The van der Waals surface area contributed by atoms with E-state index in [1.54, 1.807) is 11.3 Å². The molecule has 0 N–H and O–H groups in total. The van der Waals surface area contributed by atoms with E-state index < -0.39 is 12.7 Å². The molecule has 3 rings (SSSR count). The summed E-state index contributed by atoms with van der Waals surface area (Å²) in [7, 11) is 0. The number of fused-ring (bicyclic) bond motifs is 3. The van der Waals surface area contributed by atoms with Gasteiger partial charge in [0.25, 0.3) is 0 Å². The third kappa shape index (κ3) is 2.18. The molecule has 0 saturated heterocycles. The number of hydrogen-bond acceptors (Lipinski definition) is 2. The fourth-order valence-electron chi connectivity index (χ4n) is 2.72. The van der Waals surface area contributed by atoms with Crippen molar-refractivity contribution < 1.29 is 13.2 Å². The topological polar surface area (TPSA) is 17.8 Å². The third-order valence-corrected chi connectivity index (χ3v) is 4.51. The van der Waals surface area contributed by atoms with Gasteiger partial charge in [-0.3, -0.25) is 4.68 Å². The largest absolute Gasteiger partial charge is 0.408 e. The summed E-state index contributed by atoms with van der Waals surface area (Å²) in [5.74, 6) is 0. The van der Waals surface area contributed by atoms with Crippen LogP contribution in [0.2, 0.25) is 0 Å². The Labute approximate surface area is 112 Å². The molecule has 0 bridgehead atoms. The summed E-state index contributed by atoms with van der Waals surface area (Å²) in [6.45, 7) is 3.06. The Balaban J connectivity index is 2.07. The zero-order valence-corrected chi connectivity index (χ0v) is 11.5. The zero-order valence-electron chi connectivity index (χ0n) is 10.6. The van der Waals surface area contributed by atoms with Gasteiger partial charge < -0.3 is 0 Å². The molecule has 2 nitrogen and oxygen atoms in total. The number of alkyl halides is 3. The fourth-order valence-corrected chi connectivity index (χ4v) is 3.83. The molecule has 0 fully saturated rings. The van der Waals surface area contributed by atoms with Crippen molar-refractivity contribution >= 4 is 11.3 Å². The Bertz CT molecular complexity index is 637. The molecule has 0 amide bonds.